The molecule has 1 amide bonds. The summed E-state index contributed by atoms with van der Waals surface area (Å²) in [6.07, 6.45) is -0.646. The van der Waals surface area contributed by atoms with Crippen molar-refractivity contribution in [1.82, 2.24) is 0 Å². The first-order valence-corrected chi connectivity index (χ1v) is 7.34. The Morgan fingerprint density at radius 1 is 1.26 bits per heavy atom. The zero-order chi connectivity index (χ0) is 16.6. The Hall–Kier alpha value is -2.69. The molecule has 0 saturated carbocycles. The number of hydrogen-bond acceptors (Lipinski definition) is 3. The smallest absolute Gasteiger partial charge is 0.268 e. The van der Waals surface area contributed by atoms with Gasteiger partial charge in [0, 0.05) is 5.56 Å². The number of para-hydroxylation sites is 2. The summed E-state index contributed by atoms with van der Waals surface area (Å²) in [5.41, 5.74) is 1.36. The van der Waals surface area contributed by atoms with E-state index in [1.807, 2.05) is 6.07 Å². The molecular formula is C18H16FNO3. The highest BCUT2D eigenvalue weighted by Crippen LogP contribution is 2.33. The van der Waals surface area contributed by atoms with Gasteiger partial charge in [-0.1, -0.05) is 12.1 Å². The molecule has 118 valence electrons. The summed E-state index contributed by atoms with van der Waals surface area (Å²) in [6.45, 7) is 3.15. The summed E-state index contributed by atoms with van der Waals surface area (Å²) in [5.74, 6) is -0.299. The van der Waals surface area contributed by atoms with Gasteiger partial charge < -0.3 is 4.74 Å². The van der Waals surface area contributed by atoms with E-state index in [0.29, 0.717) is 22.6 Å². The van der Waals surface area contributed by atoms with Gasteiger partial charge in [0.05, 0.1) is 12.2 Å². The molecule has 1 atom stereocenters. The lowest BCUT2D eigenvalue weighted by Crippen LogP contribution is -2.46. The molecule has 1 aliphatic heterocycles. The van der Waals surface area contributed by atoms with Crippen molar-refractivity contribution < 1.29 is 18.7 Å². The van der Waals surface area contributed by atoms with E-state index in [1.165, 1.54) is 23.1 Å². The van der Waals surface area contributed by atoms with Crippen LogP contribution < -0.4 is 9.64 Å². The molecule has 2 aromatic rings. The third kappa shape index (κ3) is 2.82. The Kier molecular flexibility index (Phi) is 3.86. The van der Waals surface area contributed by atoms with Crippen molar-refractivity contribution in [2.45, 2.75) is 20.0 Å². The van der Waals surface area contributed by atoms with Crippen LogP contribution in [-0.2, 0) is 4.79 Å². The second-order valence-corrected chi connectivity index (χ2v) is 5.54. The number of carbonyl (C=O) groups is 2. The Labute approximate surface area is 133 Å². The number of halogens is 1. The molecule has 0 N–H and O–H groups in total. The van der Waals surface area contributed by atoms with E-state index >= 15 is 0 Å². The van der Waals surface area contributed by atoms with Crippen molar-refractivity contribution in [3.8, 4) is 5.75 Å². The number of hydrogen-bond donors (Lipinski definition) is 0. The lowest BCUT2D eigenvalue weighted by Gasteiger charge is -2.32. The number of fused-ring (bicyclic) bond motifs is 1. The number of ether oxygens (including phenoxy) is 1. The molecule has 0 bridgehead atoms. The number of nitrogens with zero attached hydrogens (tertiary/aromatic N) is 1. The molecule has 1 heterocycles. The molecular weight excluding hydrogens is 297 g/mol. The Morgan fingerprint density at radius 3 is 2.74 bits per heavy atom. The molecule has 23 heavy (non-hydrogen) atoms. The number of benzene rings is 2. The van der Waals surface area contributed by atoms with Crippen LogP contribution in [0, 0.1) is 12.7 Å². The molecule has 1 aliphatic rings. The van der Waals surface area contributed by atoms with E-state index in [0.717, 1.165) is 0 Å². The van der Waals surface area contributed by atoms with E-state index in [2.05, 4.69) is 0 Å². The van der Waals surface area contributed by atoms with Gasteiger partial charge in [-0.15, -0.1) is 0 Å². The lowest BCUT2D eigenvalue weighted by atomic mass is 10.1. The van der Waals surface area contributed by atoms with Crippen LogP contribution >= 0.6 is 0 Å². The molecule has 0 fully saturated rings. The summed E-state index contributed by atoms with van der Waals surface area (Å²) in [4.78, 5) is 26.3. The molecule has 1 unspecified atom stereocenters. The number of ketones is 1. The molecule has 2 aromatic carbocycles. The first-order chi connectivity index (χ1) is 11.0. The minimum atomic E-state index is -0.646. The standard InChI is InChI=1S/C18H16FNO3/c1-11-9-13(7-8-14(11)19)16(21)10-20-15-5-3-4-6-17(15)23-12(2)18(20)22/h3-9,12H,10H2,1-2H3. The van der Waals surface area contributed by atoms with Gasteiger partial charge in [-0.3, -0.25) is 14.5 Å². The number of rotatable bonds is 3. The molecule has 3 rings (SSSR count). The van der Waals surface area contributed by atoms with Crippen LogP contribution in [0.15, 0.2) is 42.5 Å². The summed E-state index contributed by atoms with van der Waals surface area (Å²) in [5, 5.41) is 0. The largest absolute Gasteiger partial charge is 0.479 e. The normalized spacial score (nSPS) is 16.7. The molecule has 0 radical (unpaired) electrons. The van der Waals surface area contributed by atoms with Gasteiger partial charge in [-0.05, 0) is 49.7 Å². The van der Waals surface area contributed by atoms with Gasteiger partial charge in [0.1, 0.15) is 11.6 Å². The van der Waals surface area contributed by atoms with Crippen LogP contribution in [0.25, 0.3) is 0 Å². The second kappa shape index (κ2) is 5.83. The summed E-state index contributed by atoms with van der Waals surface area (Å²) >= 11 is 0. The van der Waals surface area contributed by atoms with E-state index < -0.39 is 6.10 Å². The highest BCUT2D eigenvalue weighted by molar-refractivity contribution is 6.08. The van der Waals surface area contributed by atoms with E-state index in [1.54, 1.807) is 32.0 Å². The van der Waals surface area contributed by atoms with Crippen molar-refractivity contribution in [2.24, 2.45) is 0 Å². The molecule has 4 nitrogen and oxygen atoms in total. The Balaban J connectivity index is 1.90. The van der Waals surface area contributed by atoms with Crippen molar-refractivity contribution in [3.63, 3.8) is 0 Å². The maximum absolute atomic E-state index is 13.3. The molecule has 0 aromatic heterocycles. The van der Waals surface area contributed by atoms with E-state index in [9.17, 15) is 14.0 Å². The van der Waals surface area contributed by atoms with Crippen LogP contribution in [0.1, 0.15) is 22.8 Å². The summed E-state index contributed by atoms with van der Waals surface area (Å²) in [6, 6.07) is 11.3. The second-order valence-electron chi connectivity index (χ2n) is 5.54. The van der Waals surface area contributed by atoms with Gasteiger partial charge in [0.25, 0.3) is 5.91 Å². The zero-order valence-corrected chi connectivity index (χ0v) is 12.9. The Morgan fingerprint density at radius 2 is 2.00 bits per heavy atom. The van der Waals surface area contributed by atoms with Crippen LogP contribution in [0.2, 0.25) is 0 Å². The minimum Gasteiger partial charge on any atom is -0.479 e. The summed E-state index contributed by atoms with van der Waals surface area (Å²) in [7, 11) is 0. The topological polar surface area (TPSA) is 46.6 Å². The van der Waals surface area contributed by atoms with Gasteiger partial charge in [-0.2, -0.15) is 0 Å². The van der Waals surface area contributed by atoms with Crippen LogP contribution in [0.5, 0.6) is 5.75 Å². The predicted molar refractivity (Wildman–Crippen MR) is 84.4 cm³/mol. The fourth-order valence-electron chi connectivity index (χ4n) is 2.57. The predicted octanol–water partition coefficient (Wildman–Crippen LogP) is 3.13. The molecule has 0 saturated heterocycles. The van der Waals surface area contributed by atoms with E-state index in [4.69, 9.17) is 4.74 Å². The molecule has 5 heteroatoms. The van der Waals surface area contributed by atoms with Gasteiger partial charge >= 0.3 is 0 Å². The maximum Gasteiger partial charge on any atom is 0.268 e. The highest BCUT2D eigenvalue weighted by Gasteiger charge is 2.32. The first kappa shape index (κ1) is 15.2. The Bertz CT molecular complexity index is 788. The number of anilines is 1. The quantitative estimate of drug-likeness (QED) is 0.818. The fourth-order valence-corrected chi connectivity index (χ4v) is 2.57. The number of Topliss-reactive ketones (excluding diaryl/α,β-unsaturated/α-hetero) is 1. The number of carbonyl (C=O) groups excluding carboxylic acids is 2. The van der Waals surface area contributed by atoms with Crippen LogP contribution in [0.3, 0.4) is 0 Å². The summed E-state index contributed by atoms with van der Waals surface area (Å²) < 4.78 is 18.9. The monoisotopic (exact) mass is 313 g/mol. The van der Waals surface area contributed by atoms with Crippen molar-refractivity contribution >= 4 is 17.4 Å². The third-order valence-electron chi connectivity index (χ3n) is 3.86. The third-order valence-corrected chi connectivity index (χ3v) is 3.86. The van der Waals surface area contributed by atoms with Crippen LogP contribution in [-0.4, -0.2) is 24.3 Å². The van der Waals surface area contributed by atoms with Gasteiger partial charge in [-0.25, -0.2) is 4.39 Å². The average Bonchev–Trinajstić information content (AvgIpc) is 2.54. The lowest BCUT2D eigenvalue weighted by molar-refractivity contribution is -0.125. The van der Waals surface area contributed by atoms with Crippen molar-refractivity contribution in [1.29, 1.82) is 0 Å². The number of aryl methyl sites for hydroxylation is 1. The van der Waals surface area contributed by atoms with Gasteiger partial charge in [0.2, 0.25) is 0 Å². The zero-order valence-electron chi connectivity index (χ0n) is 12.9. The average molecular weight is 313 g/mol. The van der Waals surface area contributed by atoms with Crippen molar-refractivity contribution in [3.05, 3.63) is 59.4 Å². The van der Waals surface area contributed by atoms with Crippen LogP contribution in [0.4, 0.5) is 10.1 Å². The number of amides is 1. The molecule has 0 aliphatic carbocycles. The highest BCUT2D eigenvalue weighted by atomic mass is 19.1. The molecule has 0 spiro atoms. The van der Waals surface area contributed by atoms with Gasteiger partial charge in [0.15, 0.2) is 11.9 Å². The SMILES string of the molecule is Cc1cc(C(=O)CN2C(=O)C(C)Oc3ccccc32)ccc1F. The first-order valence-electron chi connectivity index (χ1n) is 7.34. The fraction of sp³-hybridized carbons (Fsp3) is 0.222. The van der Waals surface area contributed by atoms with E-state index in [-0.39, 0.29) is 24.1 Å². The van der Waals surface area contributed by atoms with Crippen molar-refractivity contribution in [2.75, 3.05) is 11.4 Å². The maximum atomic E-state index is 13.3. The minimum absolute atomic E-state index is 0.103.